The number of amides is 3. The lowest BCUT2D eigenvalue weighted by Crippen LogP contribution is -2.43. The van der Waals surface area contributed by atoms with Crippen molar-refractivity contribution in [1.29, 1.82) is 0 Å². The number of anilines is 1. The fraction of sp³-hybridized carbons (Fsp3) is 0.368. The normalized spacial score (nSPS) is 16.2. The summed E-state index contributed by atoms with van der Waals surface area (Å²) in [4.78, 5) is 26.0. The molecule has 3 rings (SSSR count). The molecule has 0 unspecified atom stereocenters. The second-order valence-corrected chi connectivity index (χ2v) is 8.80. The number of hydrogen-bond acceptors (Lipinski definition) is 5. The van der Waals surface area contributed by atoms with Crippen molar-refractivity contribution in [2.45, 2.75) is 23.8 Å². The van der Waals surface area contributed by atoms with E-state index >= 15 is 0 Å². The van der Waals surface area contributed by atoms with Crippen molar-refractivity contribution in [1.82, 2.24) is 14.8 Å². The van der Waals surface area contributed by atoms with Gasteiger partial charge in [0.15, 0.2) is 23.1 Å². The lowest BCUT2D eigenvalue weighted by atomic mass is 10.2. The third-order valence-corrected chi connectivity index (χ3v) is 5.98. The van der Waals surface area contributed by atoms with E-state index in [-0.39, 0.29) is 35.8 Å². The van der Waals surface area contributed by atoms with Gasteiger partial charge in [-0.05, 0) is 25.0 Å². The molecule has 1 atom stereocenters. The third kappa shape index (κ3) is 4.83. The second kappa shape index (κ2) is 9.12. The number of aryl methyl sites for hydroxylation is 1. The first-order chi connectivity index (χ1) is 15.0. The maximum atomic E-state index is 13.5. The Hall–Kier alpha value is -3.19. The fourth-order valence-corrected chi connectivity index (χ4v) is 4.26. The SMILES string of the molecule is CNC(=O)N1CCC[C@H]1COc1c(S(N)(=O)=O)cn(C)c1C(=O)Nc1ccc(F)c(F)c1. The molecule has 0 spiro atoms. The van der Waals surface area contributed by atoms with Crippen molar-refractivity contribution >= 4 is 27.6 Å². The first-order valence-corrected chi connectivity index (χ1v) is 11.2. The summed E-state index contributed by atoms with van der Waals surface area (Å²) in [5, 5.41) is 10.2. The number of nitrogens with one attached hydrogen (secondary N) is 2. The number of aromatic nitrogens is 1. The van der Waals surface area contributed by atoms with Crippen LogP contribution in [-0.2, 0) is 17.1 Å². The maximum absolute atomic E-state index is 13.5. The summed E-state index contributed by atoms with van der Waals surface area (Å²) >= 11 is 0. The van der Waals surface area contributed by atoms with Crippen LogP contribution in [0, 0.1) is 11.6 Å². The van der Waals surface area contributed by atoms with Gasteiger partial charge in [0, 0.05) is 38.6 Å². The number of carbonyl (C=O) groups excluding carboxylic acids is 2. The summed E-state index contributed by atoms with van der Waals surface area (Å²) in [6, 6.07) is 2.14. The standard InChI is InChI=1S/C19H23F2N5O5S/c1-23-19(28)26-7-3-4-12(26)10-31-17-15(32(22,29)30)9-25(2)16(17)18(27)24-11-5-6-13(20)14(21)8-11/h5-6,8-9,12H,3-4,7,10H2,1-2H3,(H,23,28)(H,24,27)(H2,22,29,30)/t12-/m0/s1. The molecule has 1 aliphatic heterocycles. The van der Waals surface area contributed by atoms with Crippen LogP contribution >= 0.6 is 0 Å². The third-order valence-electron chi connectivity index (χ3n) is 5.07. The summed E-state index contributed by atoms with van der Waals surface area (Å²) < 4.78 is 57.7. The Morgan fingerprint density at radius 3 is 2.62 bits per heavy atom. The molecule has 1 aliphatic rings. The van der Waals surface area contributed by atoms with Crippen molar-refractivity contribution in [3.05, 3.63) is 41.7 Å². The molecule has 10 nitrogen and oxygen atoms in total. The van der Waals surface area contributed by atoms with E-state index in [1.165, 1.54) is 18.7 Å². The van der Waals surface area contributed by atoms with Gasteiger partial charge in [0.05, 0.1) is 6.04 Å². The van der Waals surface area contributed by atoms with E-state index in [1.807, 2.05) is 0 Å². The van der Waals surface area contributed by atoms with Crippen LogP contribution in [0.5, 0.6) is 5.75 Å². The monoisotopic (exact) mass is 471 g/mol. The fourth-order valence-electron chi connectivity index (χ4n) is 3.55. The number of nitrogens with zero attached hydrogens (tertiary/aromatic N) is 2. The number of sulfonamides is 1. The summed E-state index contributed by atoms with van der Waals surface area (Å²) in [6.45, 7) is 0.430. The van der Waals surface area contributed by atoms with Crippen molar-refractivity contribution in [2.24, 2.45) is 12.2 Å². The number of hydrogen-bond donors (Lipinski definition) is 3. The van der Waals surface area contributed by atoms with Gasteiger partial charge in [0.2, 0.25) is 10.0 Å². The first kappa shape index (κ1) is 23.5. The van der Waals surface area contributed by atoms with Crippen molar-refractivity contribution in [3.63, 3.8) is 0 Å². The lowest BCUT2D eigenvalue weighted by Gasteiger charge is -2.24. The highest BCUT2D eigenvalue weighted by Gasteiger charge is 2.32. The van der Waals surface area contributed by atoms with Crippen LogP contribution < -0.4 is 20.5 Å². The molecule has 2 aromatic rings. The minimum absolute atomic E-state index is 0.0419. The summed E-state index contributed by atoms with van der Waals surface area (Å²) in [5.41, 5.74) is -0.233. The molecule has 0 saturated carbocycles. The predicted octanol–water partition coefficient (Wildman–Crippen LogP) is 1.39. The smallest absolute Gasteiger partial charge is 0.317 e. The molecule has 0 radical (unpaired) electrons. The molecule has 1 saturated heterocycles. The van der Waals surface area contributed by atoms with Crippen LogP contribution in [0.3, 0.4) is 0 Å². The Morgan fingerprint density at radius 2 is 2.00 bits per heavy atom. The molecule has 1 aromatic heterocycles. The Balaban J connectivity index is 1.91. The molecule has 2 heterocycles. The van der Waals surface area contributed by atoms with Crippen LogP contribution in [0.4, 0.5) is 19.3 Å². The largest absolute Gasteiger partial charge is 0.488 e. The number of benzene rings is 1. The number of ether oxygens (including phenoxy) is 1. The van der Waals surface area contributed by atoms with Crippen LogP contribution in [0.1, 0.15) is 23.3 Å². The molecule has 4 N–H and O–H groups in total. The molecule has 32 heavy (non-hydrogen) atoms. The van der Waals surface area contributed by atoms with Gasteiger partial charge < -0.3 is 24.8 Å². The number of likely N-dealkylation sites (tertiary alicyclic amines) is 1. The van der Waals surface area contributed by atoms with E-state index in [9.17, 15) is 26.8 Å². The van der Waals surface area contributed by atoms with Gasteiger partial charge in [0.25, 0.3) is 5.91 Å². The van der Waals surface area contributed by atoms with Crippen LogP contribution in [-0.4, -0.2) is 56.1 Å². The van der Waals surface area contributed by atoms with Gasteiger partial charge in [-0.1, -0.05) is 0 Å². The van der Waals surface area contributed by atoms with Gasteiger partial charge in [-0.15, -0.1) is 0 Å². The van der Waals surface area contributed by atoms with Gasteiger partial charge in [-0.2, -0.15) is 0 Å². The second-order valence-electron chi connectivity index (χ2n) is 7.27. The minimum atomic E-state index is -4.26. The molecular formula is C19H23F2N5O5S. The van der Waals surface area contributed by atoms with E-state index in [1.54, 1.807) is 4.90 Å². The van der Waals surface area contributed by atoms with E-state index in [0.29, 0.717) is 13.0 Å². The molecule has 1 aromatic carbocycles. The Kier molecular flexibility index (Phi) is 6.69. The van der Waals surface area contributed by atoms with Gasteiger partial charge in [0.1, 0.15) is 11.5 Å². The Labute approximate surface area is 183 Å². The molecule has 0 aliphatic carbocycles. The highest BCUT2D eigenvalue weighted by molar-refractivity contribution is 7.89. The van der Waals surface area contributed by atoms with Crippen LogP contribution in [0.25, 0.3) is 0 Å². The van der Waals surface area contributed by atoms with E-state index in [0.717, 1.165) is 30.8 Å². The summed E-state index contributed by atoms with van der Waals surface area (Å²) in [6.07, 6.45) is 2.49. The first-order valence-electron chi connectivity index (χ1n) is 9.62. The quantitative estimate of drug-likeness (QED) is 0.585. The number of rotatable bonds is 6. The van der Waals surface area contributed by atoms with Gasteiger partial charge >= 0.3 is 6.03 Å². The van der Waals surface area contributed by atoms with Crippen molar-refractivity contribution in [3.8, 4) is 5.75 Å². The molecule has 0 bridgehead atoms. The highest BCUT2D eigenvalue weighted by atomic mass is 32.2. The number of carbonyl (C=O) groups is 2. The van der Waals surface area contributed by atoms with Crippen LogP contribution in [0.15, 0.2) is 29.3 Å². The number of nitrogens with two attached hydrogens (primary N) is 1. The lowest BCUT2D eigenvalue weighted by molar-refractivity contribution is 0.101. The van der Waals surface area contributed by atoms with Gasteiger partial charge in [-0.3, -0.25) is 4.79 Å². The maximum Gasteiger partial charge on any atom is 0.317 e. The number of primary sulfonamides is 1. The zero-order valence-electron chi connectivity index (χ0n) is 17.4. The average Bonchev–Trinajstić information content (AvgIpc) is 3.32. The van der Waals surface area contributed by atoms with E-state index in [4.69, 9.17) is 9.88 Å². The number of halogens is 2. The van der Waals surface area contributed by atoms with Crippen LogP contribution in [0.2, 0.25) is 0 Å². The van der Waals surface area contributed by atoms with Gasteiger partial charge in [-0.25, -0.2) is 27.1 Å². The summed E-state index contributed by atoms with van der Waals surface area (Å²) in [5.74, 6) is -3.36. The highest BCUT2D eigenvalue weighted by Crippen LogP contribution is 2.31. The molecule has 3 amide bonds. The van der Waals surface area contributed by atoms with Crippen molar-refractivity contribution in [2.75, 3.05) is 25.5 Å². The molecule has 1 fully saturated rings. The topological polar surface area (TPSA) is 136 Å². The molecule has 174 valence electrons. The zero-order valence-corrected chi connectivity index (χ0v) is 18.2. The average molecular weight is 471 g/mol. The number of urea groups is 1. The molecule has 13 heteroatoms. The summed E-state index contributed by atoms with van der Waals surface area (Å²) in [7, 11) is -1.36. The van der Waals surface area contributed by atoms with Crippen molar-refractivity contribution < 1.29 is 31.5 Å². The Morgan fingerprint density at radius 1 is 1.28 bits per heavy atom. The zero-order chi connectivity index (χ0) is 23.6. The Bertz CT molecular complexity index is 1150. The molecular weight excluding hydrogens is 448 g/mol. The van der Waals surface area contributed by atoms with E-state index < -0.39 is 32.5 Å². The van der Waals surface area contributed by atoms with E-state index in [2.05, 4.69) is 10.6 Å². The minimum Gasteiger partial charge on any atom is -0.488 e. The predicted molar refractivity (Wildman–Crippen MR) is 111 cm³/mol.